The van der Waals surface area contributed by atoms with Crippen LogP contribution < -0.4 is 0 Å². The Bertz CT molecular complexity index is 28.5. The van der Waals surface area contributed by atoms with Gasteiger partial charge in [-0.05, 0) is 0 Å². The topological polar surface area (TPSA) is 91.1 Å². The Morgan fingerprint density at radius 2 is 1.00 bits per heavy atom. The van der Waals surface area contributed by atoms with Gasteiger partial charge in [-0.15, -0.1) is 0 Å². The first-order valence-electron chi connectivity index (χ1n) is 0.333. The number of hydrogen-bond donors (Lipinski definition) is 0. The Labute approximate surface area is 55.1 Å². The van der Waals surface area contributed by atoms with Gasteiger partial charge in [-0.2, -0.15) is 8.42 Å². The Hall–Kier alpha value is 0.539. The van der Waals surface area contributed by atoms with E-state index < -0.39 is 11.6 Å². The van der Waals surface area contributed by atoms with Crippen LogP contribution >= 0.6 is 0 Å². The quantitative estimate of drug-likeness (QED) is 0.470. The summed E-state index contributed by atoms with van der Waals surface area (Å²) in [7, 11) is 0. The van der Waals surface area contributed by atoms with Gasteiger partial charge in [0.2, 0.25) is 0 Å². The minimum Gasteiger partial charge on any atom is -2.00 e. The molecule has 0 saturated heterocycles. The summed E-state index contributed by atoms with van der Waals surface area (Å²) < 4.78 is 16.6. The van der Waals surface area contributed by atoms with Crippen LogP contribution in [0.2, 0.25) is 0 Å². The van der Waals surface area contributed by atoms with Crippen LogP contribution in [0.5, 0.6) is 0 Å². The van der Waals surface area contributed by atoms with Gasteiger partial charge in [-0.3, -0.25) is 0 Å². The average molecular weight is 215 g/mol. The van der Waals surface area contributed by atoms with Crippen molar-refractivity contribution in [3.05, 3.63) is 0 Å². The first kappa shape index (κ1) is 31.1. The molecule has 0 saturated carbocycles. The molecule has 0 aromatic rings. The molecule has 0 rings (SSSR count). The molecule has 6 heteroatoms. The van der Waals surface area contributed by atoms with Gasteiger partial charge in [0.25, 0.3) is 0 Å². The zero-order valence-electron chi connectivity index (χ0n) is 2.54. The van der Waals surface area contributed by atoms with Crippen molar-refractivity contribution >= 4 is 35.5 Å². The SMILES string of the molecule is O=S=O.[O-2].[O-2].[Sn+4]. The predicted octanol–water partition coefficient (Wildman–Crippen LogP) is -1.29. The minimum atomic E-state index is -0.750. The Morgan fingerprint density at radius 1 is 1.00 bits per heavy atom. The maximum absolute atomic E-state index is 8.29. The normalized spacial score (nSPS) is 2.00. The van der Waals surface area contributed by atoms with Crippen LogP contribution in [0.15, 0.2) is 0 Å². The van der Waals surface area contributed by atoms with Gasteiger partial charge < -0.3 is 11.0 Å². The van der Waals surface area contributed by atoms with E-state index >= 15 is 0 Å². The van der Waals surface area contributed by atoms with Crippen LogP contribution in [0.3, 0.4) is 0 Å². The Balaban J connectivity index is -0.00000000667. The van der Waals surface area contributed by atoms with Gasteiger partial charge in [0.05, 0.1) is 0 Å². The third-order valence-corrected chi connectivity index (χ3v) is 0. The molecule has 0 aliphatic heterocycles. The molecule has 0 spiro atoms. The fraction of sp³-hybridized carbons (Fsp3) is 0. The smallest absolute Gasteiger partial charge is 2.00 e. The van der Waals surface area contributed by atoms with E-state index in [4.69, 9.17) is 8.42 Å². The Kier molecular flexibility index (Phi) is 250. The minimum absolute atomic E-state index is 0. The van der Waals surface area contributed by atoms with Crippen molar-refractivity contribution in [2.45, 2.75) is 0 Å². The predicted molar refractivity (Wildman–Crippen MR) is 16.0 cm³/mol. The van der Waals surface area contributed by atoms with Crippen molar-refractivity contribution < 1.29 is 19.4 Å². The number of rotatable bonds is 0. The molecule has 0 heterocycles. The molecule has 0 amide bonds. The molecule has 0 fully saturated rings. The summed E-state index contributed by atoms with van der Waals surface area (Å²) in [4.78, 5) is 0. The summed E-state index contributed by atoms with van der Waals surface area (Å²) in [5.41, 5.74) is 0. The van der Waals surface area contributed by atoms with Crippen molar-refractivity contribution in [2.75, 3.05) is 0 Å². The van der Waals surface area contributed by atoms with Crippen LogP contribution in [-0.4, -0.2) is 32.3 Å². The van der Waals surface area contributed by atoms with Crippen LogP contribution in [-0.2, 0) is 22.5 Å². The molecule has 0 radical (unpaired) electrons. The third-order valence-electron chi connectivity index (χ3n) is 0. The van der Waals surface area contributed by atoms with Crippen molar-refractivity contribution in [1.29, 1.82) is 0 Å². The summed E-state index contributed by atoms with van der Waals surface area (Å²) >= 11 is -0.750. The first-order chi connectivity index (χ1) is 1.41. The largest absolute Gasteiger partial charge is 4.00 e. The fourth-order valence-electron chi connectivity index (χ4n) is 0. The molecule has 0 N–H and O–H groups in total. The molecule has 6 heavy (non-hydrogen) atoms. The van der Waals surface area contributed by atoms with Gasteiger partial charge in [0.15, 0.2) is 0 Å². The van der Waals surface area contributed by atoms with E-state index in [0.29, 0.717) is 0 Å². The molecule has 0 aliphatic rings. The molecular formula is O4SSn. The molecule has 0 aromatic carbocycles. The van der Waals surface area contributed by atoms with Gasteiger partial charge in [0.1, 0.15) is 0 Å². The summed E-state index contributed by atoms with van der Waals surface area (Å²) in [5, 5.41) is 0. The van der Waals surface area contributed by atoms with E-state index in [1.807, 2.05) is 0 Å². The van der Waals surface area contributed by atoms with E-state index in [1.54, 1.807) is 0 Å². The standard InChI is InChI=1S/O2S.2O.Sn/c1-3-2;;;/q;2*-2;+4. The van der Waals surface area contributed by atoms with Crippen molar-refractivity contribution in [3.63, 3.8) is 0 Å². The molecule has 0 unspecified atom stereocenters. The molecule has 0 aromatic heterocycles. The zero-order valence-corrected chi connectivity index (χ0v) is 6.21. The molecule has 34 valence electrons. The maximum atomic E-state index is 8.29. The first-order valence-corrected chi connectivity index (χ1v) is 1.00. The van der Waals surface area contributed by atoms with Gasteiger partial charge in [0, 0.05) is 0 Å². The average Bonchev–Trinajstić information content (AvgIpc) is 0.918. The van der Waals surface area contributed by atoms with Gasteiger partial charge >= 0.3 is 35.5 Å². The second-order valence-corrected chi connectivity index (χ2v) is 0.204. The van der Waals surface area contributed by atoms with Crippen LogP contribution in [0.25, 0.3) is 0 Å². The van der Waals surface area contributed by atoms with E-state index in [1.165, 1.54) is 0 Å². The van der Waals surface area contributed by atoms with Crippen LogP contribution in [0, 0.1) is 0 Å². The summed E-state index contributed by atoms with van der Waals surface area (Å²) in [6, 6.07) is 0. The van der Waals surface area contributed by atoms with E-state index in [9.17, 15) is 0 Å². The second kappa shape index (κ2) is 48.2. The van der Waals surface area contributed by atoms with Crippen LogP contribution in [0.4, 0.5) is 0 Å². The van der Waals surface area contributed by atoms with Gasteiger partial charge in [-0.1, -0.05) is 0 Å². The second-order valence-electron chi connectivity index (χ2n) is 0.0680. The molecular weight excluding hydrogens is 215 g/mol. The molecule has 4 nitrogen and oxygen atoms in total. The molecule has 0 aliphatic carbocycles. The zero-order chi connectivity index (χ0) is 2.71. The third kappa shape index (κ3) is 196. The van der Waals surface area contributed by atoms with E-state index in [0.717, 1.165) is 0 Å². The van der Waals surface area contributed by atoms with Gasteiger partial charge in [-0.25, -0.2) is 0 Å². The van der Waals surface area contributed by atoms with E-state index in [-0.39, 0.29) is 34.9 Å². The summed E-state index contributed by atoms with van der Waals surface area (Å²) in [6.07, 6.45) is 0. The van der Waals surface area contributed by atoms with E-state index in [2.05, 4.69) is 0 Å². The monoisotopic (exact) mass is 216 g/mol. The Morgan fingerprint density at radius 3 is 1.00 bits per heavy atom. The number of hydrogen-bond acceptors (Lipinski definition) is 2. The van der Waals surface area contributed by atoms with Crippen molar-refractivity contribution in [2.24, 2.45) is 0 Å². The maximum Gasteiger partial charge on any atom is 4.00 e. The fourth-order valence-corrected chi connectivity index (χ4v) is 0. The summed E-state index contributed by atoms with van der Waals surface area (Å²) in [5.74, 6) is 0. The molecule has 0 bridgehead atoms. The molecule has 0 atom stereocenters. The van der Waals surface area contributed by atoms with Crippen molar-refractivity contribution in [3.8, 4) is 0 Å². The summed E-state index contributed by atoms with van der Waals surface area (Å²) in [6.45, 7) is 0. The van der Waals surface area contributed by atoms with Crippen molar-refractivity contribution in [1.82, 2.24) is 0 Å². The van der Waals surface area contributed by atoms with Crippen LogP contribution in [0.1, 0.15) is 0 Å².